The van der Waals surface area contributed by atoms with Gasteiger partial charge in [0.25, 0.3) is 0 Å². The normalized spacial score (nSPS) is 21.8. The monoisotopic (exact) mass is 390 g/mol. The molecule has 1 fully saturated rings. The van der Waals surface area contributed by atoms with Gasteiger partial charge in [0.1, 0.15) is 36.6 Å². The van der Waals surface area contributed by atoms with E-state index in [9.17, 15) is 13.6 Å². The minimum absolute atomic E-state index is 0.0281. The maximum atomic E-state index is 14.7. The van der Waals surface area contributed by atoms with Gasteiger partial charge < -0.3 is 9.64 Å². The van der Waals surface area contributed by atoms with Crippen LogP contribution < -0.4 is 0 Å². The zero-order valence-electron chi connectivity index (χ0n) is 16.2. The molecule has 0 aliphatic carbocycles. The Morgan fingerprint density at radius 1 is 1.39 bits per heavy atom. The molecule has 28 heavy (non-hydrogen) atoms. The largest absolute Gasteiger partial charge is 0.346 e. The van der Waals surface area contributed by atoms with Gasteiger partial charge in [-0.25, -0.2) is 18.4 Å². The first-order chi connectivity index (χ1) is 13.3. The molecule has 1 aliphatic rings. The number of amides is 1. The number of benzene rings is 1. The van der Waals surface area contributed by atoms with Crippen LogP contribution in [0.5, 0.6) is 0 Å². The molecule has 0 spiro atoms. The van der Waals surface area contributed by atoms with Gasteiger partial charge in [0, 0.05) is 18.1 Å². The van der Waals surface area contributed by atoms with Crippen LogP contribution in [0.2, 0.25) is 0 Å². The maximum absolute atomic E-state index is 14.7. The van der Waals surface area contributed by atoms with Crippen molar-refractivity contribution in [1.82, 2.24) is 19.7 Å². The van der Waals surface area contributed by atoms with Crippen molar-refractivity contribution in [3.63, 3.8) is 0 Å². The standard InChI is InChI=1S/C20H24F2N4O2/c1-14(2)5-4-6-19(27)26-13-28-20(15(26)3,10-25-12-23-11-24-25)17-8-7-16(21)9-18(17)22/h5,7-9,11-12,15H,4,6,10,13H2,1-3H3/t15-,20-/m0/s1. The molecule has 1 aromatic heterocycles. The van der Waals surface area contributed by atoms with E-state index in [0.717, 1.165) is 11.6 Å². The zero-order valence-corrected chi connectivity index (χ0v) is 16.2. The van der Waals surface area contributed by atoms with E-state index in [1.54, 1.807) is 4.90 Å². The van der Waals surface area contributed by atoms with Gasteiger partial charge in [0.15, 0.2) is 0 Å². The number of rotatable bonds is 6. The summed E-state index contributed by atoms with van der Waals surface area (Å²) in [6, 6.07) is 2.91. The van der Waals surface area contributed by atoms with E-state index in [1.807, 2.05) is 26.8 Å². The number of allylic oxidation sites excluding steroid dienone is 2. The molecular formula is C20H24F2N4O2. The van der Waals surface area contributed by atoms with Gasteiger partial charge in [0.2, 0.25) is 5.91 Å². The zero-order chi connectivity index (χ0) is 20.3. The molecular weight excluding hydrogens is 366 g/mol. The molecule has 1 amide bonds. The van der Waals surface area contributed by atoms with Crippen molar-refractivity contribution in [2.24, 2.45) is 0 Å². The highest BCUT2D eigenvalue weighted by molar-refractivity contribution is 5.77. The average molecular weight is 390 g/mol. The van der Waals surface area contributed by atoms with Crippen LogP contribution in [0.15, 0.2) is 42.5 Å². The molecule has 1 aliphatic heterocycles. The van der Waals surface area contributed by atoms with Crippen LogP contribution >= 0.6 is 0 Å². The number of hydrogen-bond donors (Lipinski definition) is 0. The fourth-order valence-corrected chi connectivity index (χ4v) is 3.54. The summed E-state index contributed by atoms with van der Waals surface area (Å²) in [6.45, 7) is 5.94. The fraction of sp³-hybridized carbons (Fsp3) is 0.450. The lowest BCUT2D eigenvalue weighted by Crippen LogP contribution is -2.46. The summed E-state index contributed by atoms with van der Waals surface area (Å²) >= 11 is 0. The summed E-state index contributed by atoms with van der Waals surface area (Å²) < 4.78 is 35.7. The van der Waals surface area contributed by atoms with Crippen molar-refractivity contribution in [1.29, 1.82) is 0 Å². The average Bonchev–Trinajstić information content (AvgIpc) is 3.24. The number of aromatic nitrogens is 3. The maximum Gasteiger partial charge on any atom is 0.225 e. The van der Waals surface area contributed by atoms with E-state index in [0.29, 0.717) is 12.8 Å². The highest BCUT2D eigenvalue weighted by Crippen LogP contribution is 2.41. The number of halogens is 2. The second-order valence-electron chi connectivity index (χ2n) is 7.24. The van der Waals surface area contributed by atoms with Gasteiger partial charge in [-0.05, 0) is 33.3 Å². The van der Waals surface area contributed by atoms with Gasteiger partial charge in [-0.2, -0.15) is 5.10 Å². The van der Waals surface area contributed by atoms with Crippen LogP contribution in [0.3, 0.4) is 0 Å². The number of carbonyl (C=O) groups excluding carboxylic acids is 1. The number of nitrogens with zero attached hydrogens (tertiary/aromatic N) is 4. The molecule has 3 rings (SSSR count). The molecule has 0 bridgehead atoms. The highest BCUT2D eigenvalue weighted by Gasteiger charge is 2.51. The summed E-state index contributed by atoms with van der Waals surface area (Å²) in [6.07, 6.45) is 5.84. The molecule has 2 heterocycles. The molecule has 0 saturated carbocycles. The van der Waals surface area contributed by atoms with Crippen LogP contribution in [-0.2, 0) is 21.7 Å². The molecule has 8 heteroatoms. The van der Waals surface area contributed by atoms with Gasteiger partial charge in [0.05, 0.1) is 12.6 Å². The topological polar surface area (TPSA) is 60.2 Å². The van der Waals surface area contributed by atoms with E-state index in [4.69, 9.17) is 4.74 Å². The molecule has 150 valence electrons. The van der Waals surface area contributed by atoms with Crippen molar-refractivity contribution < 1.29 is 18.3 Å². The lowest BCUT2D eigenvalue weighted by atomic mass is 9.86. The summed E-state index contributed by atoms with van der Waals surface area (Å²) in [5.74, 6) is -1.46. The van der Waals surface area contributed by atoms with Crippen molar-refractivity contribution in [3.8, 4) is 0 Å². The smallest absolute Gasteiger partial charge is 0.225 e. The second-order valence-corrected chi connectivity index (χ2v) is 7.24. The van der Waals surface area contributed by atoms with Crippen LogP contribution in [0, 0.1) is 11.6 Å². The van der Waals surface area contributed by atoms with Crippen LogP contribution in [0.4, 0.5) is 8.78 Å². The Balaban J connectivity index is 1.92. The molecule has 2 atom stereocenters. The molecule has 1 saturated heterocycles. The Morgan fingerprint density at radius 3 is 2.82 bits per heavy atom. The molecule has 0 unspecified atom stereocenters. The highest BCUT2D eigenvalue weighted by atomic mass is 19.1. The minimum Gasteiger partial charge on any atom is -0.346 e. The third-order valence-electron chi connectivity index (χ3n) is 5.09. The molecule has 2 aromatic rings. The lowest BCUT2D eigenvalue weighted by molar-refractivity contribution is -0.132. The van der Waals surface area contributed by atoms with Crippen molar-refractivity contribution in [2.75, 3.05) is 6.73 Å². The predicted octanol–water partition coefficient (Wildman–Crippen LogP) is 3.40. The van der Waals surface area contributed by atoms with Crippen molar-refractivity contribution >= 4 is 5.91 Å². The Kier molecular flexibility index (Phi) is 5.88. The second kappa shape index (κ2) is 8.18. The Hall–Kier alpha value is -2.61. The number of hydrogen-bond acceptors (Lipinski definition) is 4. The number of carbonyl (C=O) groups is 1. The van der Waals surface area contributed by atoms with E-state index < -0.39 is 23.3 Å². The van der Waals surface area contributed by atoms with Crippen molar-refractivity contribution in [3.05, 3.63) is 59.7 Å². The Morgan fingerprint density at radius 2 is 2.18 bits per heavy atom. The van der Waals surface area contributed by atoms with Gasteiger partial charge >= 0.3 is 0 Å². The van der Waals surface area contributed by atoms with Gasteiger partial charge in [-0.1, -0.05) is 17.7 Å². The van der Waals surface area contributed by atoms with E-state index in [2.05, 4.69) is 10.1 Å². The first-order valence-corrected chi connectivity index (χ1v) is 9.18. The number of ether oxygens (including phenoxy) is 1. The van der Waals surface area contributed by atoms with Crippen LogP contribution in [-0.4, -0.2) is 38.3 Å². The molecule has 0 N–H and O–H groups in total. The molecule has 0 radical (unpaired) electrons. The molecule has 1 aromatic carbocycles. The van der Waals surface area contributed by atoms with Gasteiger partial charge in [-0.3, -0.25) is 4.79 Å². The fourth-order valence-electron chi connectivity index (χ4n) is 3.54. The predicted molar refractivity (Wildman–Crippen MR) is 99.0 cm³/mol. The summed E-state index contributed by atoms with van der Waals surface area (Å²) in [5, 5.41) is 4.09. The van der Waals surface area contributed by atoms with E-state index in [-0.39, 0.29) is 24.7 Å². The Bertz CT molecular complexity index is 865. The Labute approximate surface area is 162 Å². The first kappa shape index (κ1) is 20.1. The van der Waals surface area contributed by atoms with Crippen molar-refractivity contribution in [2.45, 2.75) is 51.8 Å². The first-order valence-electron chi connectivity index (χ1n) is 9.18. The SMILES string of the molecule is CC(C)=CCCC(=O)N1CO[C@](Cn2cncn2)(c2ccc(F)cc2F)[C@@H]1C. The summed E-state index contributed by atoms with van der Waals surface area (Å²) in [5.41, 5.74) is 0.140. The van der Waals surface area contributed by atoms with E-state index >= 15 is 0 Å². The summed E-state index contributed by atoms with van der Waals surface area (Å²) in [4.78, 5) is 18.2. The third kappa shape index (κ3) is 3.96. The van der Waals surface area contributed by atoms with Crippen LogP contribution in [0.1, 0.15) is 39.2 Å². The molecule has 6 nitrogen and oxygen atoms in total. The minimum atomic E-state index is -1.20. The van der Waals surface area contributed by atoms with Gasteiger partial charge in [-0.15, -0.1) is 0 Å². The van der Waals surface area contributed by atoms with Crippen LogP contribution in [0.25, 0.3) is 0 Å². The third-order valence-corrected chi connectivity index (χ3v) is 5.09. The lowest BCUT2D eigenvalue weighted by Gasteiger charge is -2.34. The van der Waals surface area contributed by atoms with E-state index in [1.165, 1.54) is 29.5 Å². The summed E-state index contributed by atoms with van der Waals surface area (Å²) in [7, 11) is 0. The quantitative estimate of drug-likeness (QED) is 0.710.